The largest absolute Gasteiger partial charge is 0.356 e. The number of thiazole rings is 1. The van der Waals surface area contributed by atoms with Gasteiger partial charge < -0.3 is 5.32 Å². The van der Waals surface area contributed by atoms with Crippen molar-refractivity contribution in [3.05, 3.63) is 16.1 Å². The molecule has 1 aliphatic carbocycles. The first-order valence-corrected chi connectivity index (χ1v) is 8.98. The van der Waals surface area contributed by atoms with Gasteiger partial charge in [0.2, 0.25) is 0 Å². The second-order valence-corrected chi connectivity index (χ2v) is 7.45. The van der Waals surface area contributed by atoms with Gasteiger partial charge in [-0.05, 0) is 32.6 Å². The monoisotopic (exact) mass is 295 g/mol. The molecule has 3 unspecified atom stereocenters. The van der Waals surface area contributed by atoms with E-state index in [-0.39, 0.29) is 6.04 Å². The zero-order chi connectivity index (χ0) is 13.2. The van der Waals surface area contributed by atoms with Crippen LogP contribution >= 0.6 is 23.1 Å². The van der Waals surface area contributed by atoms with Crippen LogP contribution in [0.5, 0.6) is 0 Å². The smallest absolute Gasteiger partial charge is 0.157 e. The summed E-state index contributed by atoms with van der Waals surface area (Å²) in [6, 6.07) is 0.841. The van der Waals surface area contributed by atoms with E-state index in [0.717, 1.165) is 21.8 Å². The minimum absolute atomic E-state index is 0.269. The summed E-state index contributed by atoms with van der Waals surface area (Å²) in [6.45, 7) is 4.22. The highest BCUT2D eigenvalue weighted by atomic mass is 32.2. The Bertz CT molecular complexity index is 469. The molecule has 0 radical (unpaired) electrons. The molecule has 1 aromatic rings. The summed E-state index contributed by atoms with van der Waals surface area (Å²) in [5.41, 5.74) is 1.11. The summed E-state index contributed by atoms with van der Waals surface area (Å²) in [4.78, 5) is 9.47. The molecule has 0 amide bonds. The Morgan fingerprint density at radius 2 is 2.21 bits per heavy atom. The molecule has 104 valence electrons. The molecule has 3 nitrogen and oxygen atoms in total. The van der Waals surface area contributed by atoms with Crippen LogP contribution in [0.3, 0.4) is 0 Å². The molecule has 2 aliphatic rings. The van der Waals surface area contributed by atoms with Crippen molar-refractivity contribution in [2.24, 2.45) is 10.9 Å². The van der Waals surface area contributed by atoms with Gasteiger partial charge in [-0.15, -0.1) is 11.3 Å². The summed E-state index contributed by atoms with van der Waals surface area (Å²) in [6.07, 6.45) is 5.40. The normalized spacial score (nSPS) is 28.4. The number of nitrogens with one attached hydrogen (secondary N) is 1. The van der Waals surface area contributed by atoms with Gasteiger partial charge in [-0.2, -0.15) is 0 Å². The summed E-state index contributed by atoms with van der Waals surface area (Å²) in [7, 11) is 0. The molecule has 0 bridgehead atoms. The Morgan fingerprint density at radius 1 is 1.37 bits per heavy atom. The van der Waals surface area contributed by atoms with Gasteiger partial charge in [0.05, 0.1) is 12.1 Å². The summed E-state index contributed by atoms with van der Waals surface area (Å²) in [5, 5.41) is 7.94. The van der Waals surface area contributed by atoms with Crippen LogP contribution in [-0.4, -0.2) is 21.9 Å². The van der Waals surface area contributed by atoms with Crippen molar-refractivity contribution in [1.82, 2.24) is 10.3 Å². The Labute approximate surface area is 123 Å². The van der Waals surface area contributed by atoms with E-state index in [0.29, 0.717) is 6.04 Å². The van der Waals surface area contributed by atoms with E-state index in [1.54, 1.807) is 11.3 Å². The number of aliphatic imine (C=N–C) groups is 1. The highest BCUT2D eigenvalue weighted by molar-refractivity contribution is 8.13. The Balaban J connectivity index is 1.65. The first-order valence-electron chi connectivity index (χ1n) is 7.11. The van der Waals surface area contributed by atoms with Crippen molar-refractivity contribution in [3.63, 3.8) is 0 Å². The van der Waals surface area contributed by atoms with Crippen LogP contribution in [-0.2, 0) is 0 Å². The summed E-state index contributed by atoms with van der Waals surface area (Å²) >= 11 is 3.63. The minimum Gasteiger partial charge on any atom is -0.356 e. The number of hydrogen-bond acceptors (Lipinski definition) is 5. The lowest BCUT2D eigenvalue weighted by Gasteiger charge is -2.33. The van der Waals surface area contributed by atoms with Gasteiger partial charge in [0.25, 0.3) is 0 Å². The van der Waals surface area contributed by atoms with Crippen LogP contribution in [0, 0.1) is 12.8 Å². The van der Waals surface area contributed by atoms with E-state index in [1.807, 2.05) is 18.7 Å². The molecular weight excluding hydrogens is 274 g/mol. The van der Waals surface area contributed by atoms with Crippen molar-refractivity contribution in [1.29, 1.82) is 0 Å². The predicted molar refractivity (Wildman–Crippen MR) is 84.0 cm³/mol. The number of aromatic nitrogens is 1. The van der Waals surface area contributed by atoms with Crippen molar-refractivity contribution in [2.45, 2.75) is 51.6 Å². The Kier molecular flexibility index (Phi) is 4.12. The average molecular weight is 295 g/mol. The van der Waals surface area contributed by atoms with Crippen molar-refractivity contribution >= 4 is 28.3 Å². The average Bonchev–Trinajstić information content (AvgIpc) is 2.85. The molecule has 0 aromatic carbocycles. The number of amidine groups is 1. The molecule has 0 saturated heterocycles. The van der Waals surface area contributed by atoms with Crippen LogP contribution in [0.15, 0.2) is 10.4 Å². The fraction of sp³-hybridized carbons (Fsp3) is 0.714. The second kappa shape index (κ2) is 5.83. The van der Waals surface area contributed by atoms with Crippen molar-refractivity contribution in [2.75, 3.05) is 5.75 Å². The van der Waals surface area contributed by atoms with E-state index in [2.05, 4.69) is 22.6 Å². The molecule has 0 spiro atoms. The van der Waals surface area contributed by atoms with Crippen molar-refractivity contribution in [3.8, 4) is 0 Å². The molecule has 5 heteroatoms. The van der Waals surface area contributed by atoms with Crippen LogP contribution < -0.4 is 5.32 Å². The zero-order valence-corrected chi connectivity index (χ0v) is 13.2. The fourth-order valence-electron chi connectivity index (χ4n) is 2.82. The number of fused-ring (bicyclic) bond motifs is 1. The predicted octanol–water partition coefficient (Wildman–Crippen LogP) is 3.76. The number of hydrogen-bond donors (Lipinski definition) is 1. The van der Waals surface area contributed by atoms with Crippen molar-refractivity contribution < 1.29 is 0 Å². The molecule has 1 aromatic heterocycles. The molecular formula is C14H21N3S2. The third-order valence-corrected chi connectivity index (χ3v) is 6.17. The van der Waals surface area contributed by atoms with E-state index < -0.39 is 0 Å². The highest BCUT2D eigenvalue weighted by Gasteiger charge is 2.29. The van der Waals surface area contributed by atoms with E-state index in [1.165, 1.54) is 31.4 Å². The topological polar surface area (TPSA) is 37.3 Å². The number of thioether (sulfide) groups is 1. The lowest BCUT2D eigenvalue weighted by atomic mass is 9.86. The first-order chi connectivity index (χ1) is 9.22. The summed E-state index contributed by atoms with van der Waals surface area (Å²) < 4.78 is 0. The fourth-order valence-corrected chi connectivity index (χ4v) is 4.86. The quantitative estimate of drug-likeness (QED) is 0.902. The van der Waals surface area contributed by atoms with E-state index in [9.17, 15) is 0 Å². The first kappa shape index (κ1) is 13.4. The molecule has 1 N–H and O–H groups in total. The Hall–Kier alpha value is -0.550. The molecule has 1 aliphatic heterocycles. The maximum absolute atomic E-state index is 4.92. The van der Waals surface area contributed by atoms with Gasteiger partial charge in [-0.3, -0.25) is 4.99 Å². The van der Waals surface area contributed by atoms with Gasteiger partial charge in [0.1, 0.15) is 5.01 Å². The lowest BCUT2D eigenvalue weighted by molar-refractivity contribution is 0.335. The number of aryl methyl sites for hydroxylation is 1. The second-order valence-electron chi connectivity index (χ2n) is 5.55. The number of nitrogens with zero attached hydrogens (tertiary/aromatic N) is 2. The van der Waals surface area contributed by atoms with Gasteiger partial charge >= 0.3 is 0 Å². The Morgan fingerprint density at radius 3 is 3.00 bits per heavy atom. The van der Waals surface area contributed by atoms with Crippen LogP contribution in [0.25, 0.3) is 0 Å². The molecule has 3 atom stereocenters. The molecule has 2 heterocycles. The minimum atomic E-state index is 0.269. The third-order valence-electron chi connectivity index (χ3n) is 3.93. The molecule has 3 rings (SSSR count). The van der Waals surface area contributed by atoms with Crippen LogP contribution in [0.1, 0.15) is 49.4 Å². The van der Waals surface area contributed by atoms with Gasteiger partial charge in [-0.1, -0.05) is 24.6 Å². The van der Waals surface area contributed by atoms with Crippen LogP contribution in [0.2, 0.25) is 0 Å². The third kappa shape index (κ3) is 3.14. The van der Waals surface area contributed by atoms with E-state index in [4.69, 9.17) is 4.99 Å². The van der Waals surface area contributed by atoms with Gasteiger partial charge in [0, 0.05) is 16.8 Å². The standard InChI is InChI=1S/C14H21N3S2/c1-9-7-18-13(15-9)10(2)16-14-17-12-6-4-3-5-11(12)8-19-14/h7,10-12H,3-6,8H2,1-2H3,(H,16,17). The maximum Gasteiger partial charge on any atom is 0.157 e. The molecule has 1 fully saturated rings. The summed E-state index contributed by atoms with van der Waals surface area (Å²) in [5.74, 6) is 2.06. The van der Waals surface area contributed by atoms with Crippen LogP contribution in [0.4, 0.5) is 0 Å². The van der Waals surface area contributed by atoms with E-state index >= 15 is 0 Å². The maximum atomic E-state index is 4.92. The molecule has 1 saturated carbocycles. The van der Waals surface area contributed by atoms with Gasteiger partial charge in [-0.25, -0.2) is 4.98 Å². The zero-order valence-electron chi connectivity index (χ0n) is 11.6. The lowest BCUT2D eigenvalue weighted by Crippen LogP contribution is -2.35. The highest BCUT2D eigenvalue weighted by Crippen LogP contribution is 2.34. The SMILES string of the molecule is Cc1csc(C(C)NC2=NC3CCCCC3CS2)n1. The molecule has 19 heavy (non-hydrogen) atoms. The van der Waals surface area contributed by atoms with Gasteiger partial charge in [0.15, 0.2) is 5.17 Å². The number of rotatable bonds is 2.